The van der Waals surface area contributed by atoms with Crippen LogP contribution < -0.4 is 10.9 Å². The van der Waals surface area contributed by atoms with Crippen molar-refractivity contribution in [3.8, 4) is 6.07 Å². The van der Waals surface area contributed by atoms with Crippen molar-refractivity contribution in [2.45, 2.75) is 6.54 Å². The van der Waals surface area contributed by atoms with E-state index in [1.807, 2.05) is 0 Å². The predicted molar refractivity (Wildman–Crippen MR) is 105 cm³/mol. The van der Waals surface area contributed by atoms with Gasteiger partial charge >= 0.3 is 0 Å². The molecule has 142 valence electrons. The van der Waals surface area contributed by atoms with Gasteiger partial charge in [-0.3, -0.25) is 9.59 Å². The maximum Gasteiger partial charge on any atom is 0.274 e. The Morgan fingerprint density at radius 2 is 2.07 bits per heavy atom. The number of rotatable bonds is 4. The highest BCUT2D eigenvalue weighted by molar-refractivity contribution is 6.04. The number of benzene rings is 2. The first-order valence-electron chi connectivity index (χ1n) is 8.67. The molecule has 4 rings (SSSR count). The molecule has 0 bridgehead atoms. The minimum absolute atomic E-state index is 0.0218. The SMILES string of the molecule is N#Cc1cn(Cc2ccccc2F)c2ccc(NC(=O)c3cc(=O)[nH]cn3)cc12. The Balaban J connectivity index is 1.67. The van der Waals surface area contributed by atoms with Crippen LogP contribution in [0.1, 0.15) is 21.6 Å². The number of H-pyrrole nitrogens is 1. The van der Waals surface area contributed by atoms with Crippen molar-refractivity contribution < 1.29 is 9.18 Å². The highest BCUT2D eigenvalue weighted by Gasteiger charge is 2.13. The average Bonchev–Trinajstić information content (AvgIpc) is 3.06. The summed E-state index contributed by atoms with van der Waals surface area (Å²) in [6.07, 6.45) is 2.80. The lowest BCUT2D eigenvalue weighted by Crippen LogP contribution is -2.17. The molecule has 2 heterocycles. The van der Waals surface area contributed by atoms with Crippen LogP contribution in [0.15, 0.2) is 65.8 Å². The van der Waals surface area contributed by atoms with Crippen LogP contribution in [0.3, 0.4) is 0 Å². The van der Waals surface area contributed by atoms with E-state index in [0.29, 0.717) is 22.2 Å². The summed E-state index contributed by atoms with van der Waals surface area (Å²) in [7, 11) is 0. The maximum absolute atomic E-state index is 14.0. The molecule has 0 fully saturated rings. The summed E-state index contributed by atoms with van der Waals surface area (Å²) in [5.41, 5.74) is 1.64. The van der Waals surface area contributed by atoms with Crippen molar-refractivity contribution in [3.63, 3.8) is 0 Å². The molecule has 0 saturated carbocycles. The molecule has 0 atom stereocenters. The lowest BCUT2D eigenvalue weighted by molar-refractivity contribution is 0.102. The molecule has 0 saturated heterocycles. The van der Waals surface area contributed by atoms with Gasteiger partial charge in [-0.15, -0.1) is 0 Å². The largest absolute Gasteiger partial charge is 0.342 e. The fourth-order valence-corrected chi connectivity index (χ4v) is 3.09. The van der Waals surface area contributed by atoms with Gasteiger partial charge in [-0.25, -0.2) is 9.37 Å². The molecule has 2 aromatic carbocycles. The first-order valence-corrected chi connectivity index (χ1v) is 8.67. The Bertz CT molecular complexity index is 1330. The van der Waals surface area contributed by atoms with Gasteiger partial charge in [0.25, 0.3) is 11.5 Å². The molecular weight excluding hydrogens is 373 g/mol. The molecule has 0 spiro atoms. The average molecular weight is 387 g/mol. The molecule has 4 aromatic rings. The Labute approximate surface area is 164 Å². The molecule has 1 amide bonds. The van der Waals surface area contributed by atoms with E-state index in [4.69, 9.17) is 0 Å². The first kappa shape index (κ1) is 18.1. The molecular formula is C21H14FN5O2. The van der Waals surface area contributed by atoms with E-state index in [9.17, 15) is 19.2 Å². The fourth-order valence-electron chi connectivity index (χ4n) is 3.09. The number of aromatic amines is 1. The van der Waals surface area contributed by atoms with Crippen LogP contribution in [0.25, 0.3) is 10.9 Å². The zero-order chi connectivity index (χ0) is 20.4. The van der Waals surface area contributed by atoms with E-state index in [2.05, 4.69) is 21.4 Å². The second-order valence-corrected chi connectivity index (χ2v) is 6.36. The Morgan fingerprint density at radius 1 is 1.24 bits per heavy atom. The number of aromatic nitrogens is 3. The van der Waals surface area contributed by atoms with Crippen LogP contribution in [0.4, 0.5) is 10.1 Å². The number of fused-ring (bicyclic) bond motifs is 1. The summed E-state index contributed by atoms with van der Waals surface area (Å²) in [4.78, 5) is 29.8. The van der Waals surface area contributed by atoms with E-state index in [0.717, 1.165) is 17.9 Å². The molecule has 7 nitrogen and oxygen atoms in total. The van der Waals surface area contributed by atoms with Gasteiger partial charge in [-0.1, -0.05) is 18.2 Å². The number of nitrogens with zero attached hydrogens (tertiary/aromatic N) is 3. The minimum Gasteiger partial charge on any atom is -0.342 e. The van der Waals surface area contributed by atoms with Crippen LogP contribution >= 0.6 is 0 Å². The van der Waals surface area contributed by atoms with Gasteiger partial charge in [-0.2, -0.15) is 5.26 Å². The van der Waals surface area contributed by atoms with Gasteiger partial charge in [0.2, 0.25) is 0 Å². The minimum atomic E-state index is -0.542. The van der Waals surface area contributed by atoms with Crippen LogP contribution in [0, 0.1) is 17.1 Å². The highest BCUT2D eigenvalue weighted by atomic mass is 19.1. The van der Waals surface area contributed by atoms with Crippen molar-refractivity contribution in [2.75, 3.05) is 5.32 Å². The van der Waals surface area contributed by atoms with Gasteiger partial charge in [-0.05, 0) is 24.3 Å². The molecule has 2 N–H and O–H groups in total. The molecule has 0 unspecified atom stereocenters. The monoisotopic (exact) mass is 387 g/mol. The summed E-state index contributed by atoms with van der Waals surface area (Å²) in [5.74, 6) is -0.859. The molecule has 29 heavy (non-hydrogen) atoms. The number of carbonyl (C=O) groups is 1. The molecule has 0 aliphatic heterocycles. The van der Waals surface area contributed by atoms with Gasteiger partial charge < -0.3 is 14.9 Å². The van der Waals surface area contributed by atoms with E-state index in [1.165, 1.54) is 6.07 Å². The maximum atomic E-state index is 14.0. The Hall–Kier alpha value is -4.25. The number of nitrogens with one attached hydrogen (secondary N) is 2. The van der Waals surface area contributed by atoms with Crippen LogP contribution in [0.5, 0.6) is 0 Å². The smallest absolute Gasteiger partial charge is 0.274 e. The third-order valence-corrected chi connectivity index (χ3v) is 4.47. The standard InChI is InChI=1S/C21H14FN5O2/c22-17-4-2-1-3-13(17)10-27-11-14(9-23)16-7-15(5-6-19(16)27)26-21(29)18-8-20(28)25-12-24-18/h1-8,11-12H,10H2,(H,26,29)(H,24,25,28). The quantitative estimate of drug-likeness (QED) is 0.562. The normalized spacial score (nSPS) is 10.6. The van der Waals surface area contributed by atoms with Crippen molar-refractivity contribution in [1.29, 1.82) is 5.26 Å². The van der Waals surface area contributed by atoms with Crippen molar-refractivity contribution >= 4 is 22.5 Å². The summed E-state index contributed by atoms with van der Waals surface area (Å²) in [5, 5.41) is 12.8. The van der Waals surface area contributed by atoms with Crippen molar-refractivity contribution in [2.24, 2.45) is 0 Å². The van der Waals surface area contributed by atoms with Crippen LogP contribution in [0.2, 0.25) is 0 Å². The first-order chi connectivity index (χ1) is 14.0. The highest BCUT2D eigenvalue weighted by Crippen LogP contribution is 2.26. The molecule has 8 heteroatoms. The van der Waals surface area contributed by atoms with Gasteiger partial charge in [0.15, 0.2) is 0 Å². The van der Waals surface area contributed by atoms with E-state index < -0.39 is 11.5 Å². The number of halogens is 1. The predicted octanol–water partition coefficient (Wildman–Crippen LogP) is 3.04. The van der Waals surface area contributed by atoms with E-state index in [-0.39, 0.29) is 18.1 Å². The second-order valence-electron chi connectivity index (χ2n) is 6.36. The summed E-state index contributed by atoms with van der Waals surface area (Å²) >= 11 is 0. The molecule has 0 aliphatic rings. The lowest BCUT2D eigenvalue weighted by atomic mass is 10.1. The number of hydrogen-bond acceptors (Lipinski definition) is 4. The third-order valence-electron chi connectivity index (χ3n) is 4.47. The van der Waals surface area contributed by atoms with Gasteiger partial charge in [0.05, 0.1) is 18.4 Å². The second kappa shape index (κ2) is 7.40. The van der Waals surface area contributed by atoms with Crippen LogP contribution in [-0.2, 0) is 6.54 Å². The Kier molecular flexibility index (Phi) is 4.63. The number of carbonyl (C=O) groups excluding carboxylic acids is 1. The molecule has 2 aromatic heterocycles. The van der Waals surface area contributed by atoms with Crippen LogP contribution in [-0.4, -0.2) is 20.4 Å². The zero-order valence-corrected chi connectivity index (χ0v) is 15.0. The summed E-state index contributed by atoms with van der Waals surface area (Å²) < 4.78 is 15.8. The molecule has 0 radical (unpaired) electrons. The topological polar surface area (TPSA) is 104 Å². The Morgan fingerprint density at radius 3 is 2.83 bits per heavy atom. The zero-order valence-electron chi connectivity index (χ0n) is 15.0. The summed E-state index contributed by atoms with van der Waals surface area (Å²) in [6, 6.07) is 14.8. The summed E-state index contributed by atoms with van der Waals surface area (Å²) in [6.45, 7) is 0.271. The number of anilines is 1. The fraction of sp³-hybridized carbons (Fsp3) is 0.0476. The lowest BCUT2D eigenvalue weighted by Gasteiger charge is -2.08. The van der Waals surface area contributed by atoms with Gasteiger partial charge in [0.1, 0.15) is 17.6 Å². The number of amides is 1. The van der Waals surface area contributed by atoms with Crippen molar-refractivity contribution in [3.05, 3.63) is 94.0 Å². The number of hydrogen-bond donors (Lipinski definition) is 2. The van der Waals surface area contributed by atoms with E-state index >= 15 is 0 Å². The van der Waals surface area contributed by atoms with Gasteiger partial charge in [0, 0.05) is 34.4 Å². The molecule has 0 aliphatic carbocycles. The third kappa shape index (κ3) is 3.61. The van der Waals surface area contributed by atoms with E-state index in [1.54, 1.807) is 47.2 Å². The number of nitriles is 1. The van der Waals surface area contributed by atoms with Crippen molar-refractivity contribution in [1.82, 2.24) is 14.5 Å².